The quantitative estimate of drug-likeness (QED) is 0.847. The molecular weight excluding hydrogens is 326 g/mol. The Balaban J connectivity index is 1.84. The van der Waals surface area contributed by atoms with Crippen molar-refractivity contribution in [1.82, 2.24) is 4.72 Å². The van der Waals surface area contributed by atoms with Crippen molar-refractivity contribution in [3.8, 4) is 0 Å². The Morgan fingerprint density at radius 2 is 1.79 bits per heavy atom. The molecule has 4 unspecified atom stereocenters. The summed E-state index contributed by atoms with van der Waals surface area (Å²) in [6, 6.07) is 7.93. The second kappa shape index (κ2) is 7.23. The van der Waals surface area contributed by atoms with E-state index < -0.39 is 10.0 Å². The Bertz CT molecular complexity index is 674. The SMILES string of the molecule is COC(=O)C1C(NS(=O)(=O)c2ccccc2)CCC2CCCCC21. The molecule has 3 rings (SSSR count). The standard InChI is InChI=1S/C18H25NO4S/c1-23-18(20)17-15-10-6-5-7-13(15)11-12-16(17)19-24(21,22)14-8-3-2-4-9-14/h2-4,8-9,13,15-17,19H,5-7,10-12H2,1H3. The number of nitrogens with one attached hydrogen (secondary N) is 1. The van der Waals surface area contributed by atoms with Crippen molar-refractivity contribution in [1.29, 1.82) is 0 Å². The largest absolute Gasteiger partial charge is 0.469 e. The Labute approximate surface area is 143 Å². The Morgan fingerprint density at radius 3 is 2.50 bits per heavy atom. The summed E-state index contributed by atoms with van der Waals surface area (Å²) in [5.74, 6) is 0.0728. The van der Waals surface area contributed by atoms with E-state index >= 15 is 0 Å². The number of carbonyl (C=O) groups is 1. The van der Waals surface area contributed by atoms with Crippen LogP contribution >= 0.6 is 0 Å². The number of esters is 1. The molecule has 2 aliphatic carbocycles. The van der Waals surface area contributed by atoms with Gasteiger partial charge in [-0.15, -0.1) is 0 Å². The van der Waals surface area contributed by atoms with Crippen molar-refractivity contribution in [2.45, 2.75) is 49.5 Å². The molecule has 0 spiro atoms. The highest BCUT2D eigenvalue weighted by Crippen LogP contribution is 2.44. The summed E-state index contributed by atoms with van der Waals surface area (Å²) >= 11 is 0. The molecule has 0 aliphatic heterocycles. The van der Waals surface area contributed by atoms with E-state index in [1.807, 2.05) is 0 Å². The van der Waals surface area contributed by atoms with E-state index in [-0.39, 0.29) is 28.7 Å². The van der Waals surface area contributed by atoms with Crippen LogP contribution in [0.15, 0.2) is 35.2 Å². The molecule has 5 nitrogen and oxygen atoms in total. The smallest absolute Gasteiger partial charge is 0.310 e. The van der Waals surface area contributed by atoms with Gasteiger partial charge in [-0.25, -0.2) is 13.1 Å². The molecule has 0 saturated heterocycles. The normalized spacial score (nSPS) is 30.4. The third kappa shape index (κ3) is 3.49. The number of ether oxygens (including phenoxy) is 1. The number of hydrogen-bond acceptors (Lipinski definition) is 4. The molecule has 0 bridgehead atoms. The second-order valence-electron chi connectivity index (χ2n) is 6.88. The minimum atomic E-state index is -3.63. The fraction of sp³-hybridized carbons (Fsp3) is 0.611. The number of benzene rings is 1. The van der Waals surface area contributed by atoms with Crippen LogP contribution in [0.1, 0.15) is 38.5 Å². The van der Waals surface area contributed by atoms with Crippen molar-refractivity contribution in [2.24, 2.45) is 17.8 Å². The van der Waals surface area contributed by atoms with E-state index in [1.54, 1.807) is 30.3 Å². The van der Waals surface area contributed by atoms with Crippen molar-refractivity contribution in [3.63, 3.8) is 0 Å². The number of carbonyl (C=O) groups excluding carboxylic acids is 1. The first-order chi connectivity index (χ1) is 11.5. The predicted molar refractivity (Wildman–Crippen MR) is 90.7 cm³/mol. The van der Waals surface area contributed by atoms with Gasteiger partial charge < -0.3 is 4.74 Å². The van der Waals surface area contributed by atoms with Gasteiger partial charge in [-0.05, 0) is 43.2 Å². The van der Waals surface area contributed by atoms with Gasteiger partial charge in [0.25, 0.3) is 0 Å². The summed E-state index contributed by atoms with van der Waals surface area (Å²) in [7, 11) is -2.24. The molecule has 4 atom stereocenters. The van der Waals surface area contributed by atoms with Crippen molar-refractivity contribution in [3.05, 3.63) is 30.3 Å². The van der Waals surface area contributed by atoms with Gasteiger partial charge in [0.15, 0.2) is 0 Å². The lowest BCUT2D eigenvalue weighted by atomic mass is 9.64. The molecular formula is C18H25NO4S. The monoisotopic (exact) mass is 351 g/mol. The molecule has 2 fully saturated rings. The maximum absolute atomic E-state index is 12.7. The number of fused-ring (bicyclic) bond motifs is 1. The van der Waals surface area contributed by atoms with E-state index in [0.717, 1.165) is 25.7 Å². The second-order valence-corrected chi connectivity index (χ2v) is 8.59. The summed E-state index contributed by atoms with van der Waals surface area (Å²) in [5, 5.41) is 0. The lowest BCUT2D eigenvalue weighted by Crippen LogP contribution is -2.52. The number of methoxy groups -OCH3 is 1. The van der Waals surface area contributed by atoms with Crippen LogP contribution in [0.25, 0.3) is 0 Å². The highest BCUT2D eigenvalue weighted by molar-refractivity contribution is 7.89. The first-order valence-electron chi connectivity index (χ1n) is 8.68. The van der Waals surface area contributed by atoms with Crippen LogP contribution in [0.3, 0.4) is 0 Å². The fourth-order valence-corrected chi connectivity index (χ4v) is 5.73. The van der Waals surface area contributed by atoms with Gasteiger partial charge in [-0.2, -0.15) is 0 Å². The van der Waals surface area contributed by atoms with Gasteiger partial charge in [-0.1, -0.05) is 37.5 Å². The molecule has 1 aromatic rings. The number of hydrogen-bond donors (Lipinski definition) is 1. The molecule has 6 heteroatoms. The van der Waals surface area contributed by atoms with Crippen molar-refractivity contribution >= 4 is 16.0 Å². The molecule has 1 aromatic carbocycles. The molecule has 1 N–H and O–H groups in total. The first kappa shape index (κ1) is 17.4. The molecule has 2 saturated carbocycles. The van der Waals surface area contributed by atoms with Crippen molar-refractivity contribution < 1.29 is 17.9 Å². The lowest BCUT2D eigenvalue weighted by Gasteiger charge is -2.44. The van der Waals surface area contributed by atoms with Gasteiger partial charge in [0.1, 0.15) is 0 Å². The van der Waals surface area contributed by atoms with Crippen LogP contribution in [-0.4, -0.2) is 27.5 Å². The molecule has 0 radical (unpaired) electrons. The maximum atomic E-state index is 12.7. The van der Waals surface area contributed by atoms with Gasteiger partial charge in [0.2, 0.25) is 10.0 Å². The van der Waals surface area contributed by atoms with Crippen LogP contribution < -0.4 is 4.72 Å². The molecule has 0 aromatic heterocycles. The summed E-state index contributed by atoms with van der Waals surface area (Å²) in [6.45, 7) is 0. The van der Waals surface area contributed by atoms with Gasteiger partial charge >= 0.3 is 5.97 Å². The van der Waals surface area contributed by atoms with E-state index in [4.69, 9.17) is 4.74 Å². The third-order valence-electron chi connectivity index (χ3n) is 5.54. The molecule has 0 heterocycles. The van der Waals surface area contributed by atoms with Crippen molar-refractivity contribution in [2.75, 3.05) is 7.11 Å². The highest BCUT2D eigenvalue weighted by atomic mass is 32.2. The van der Waals surface area contributed by atoms with E-state index in [9.17, 15) is 13.2 Å². The Hall–Kier alpha value is -1.40. The summed E-state index contributed by atoms with van der Waals surface area (Å²) in [5.41, 5.74) is 0. The Morgan fingerprint density at radius 1 is 1.08 bits per heavy atom. The van der Waals surface area contributed by atoms with E-state index in [2.05, 4.69) is 4.72 Å². The van der Waals surface area contributed by atoms with Gasteiger partial charge in [-0.3, -0.25) is 4.79 Å². The minimum Gasteiger partial charge on any atom is -0.469 e. The number of sulfonamides is 1. The van der Waals surface area contributed by atoms with Gasteiger partial charge in [0.05, 0.1) is 17.9 Å². The summed E-state index contributed by atoms with van der Waals surface area (Å²) < 4.78 is 33.1. The Kier molecular flexibility index (Phi) is 5.25. The average Bonchev–Trinajstić information content (AvgIpc) is 2.61. The maximum Gasteiger partial charge on any atom is 0.310 e. The molecule has 24 heavy (non-hydrogen) atoms. The zero-order chi connectivity index (χ0) is 17.2. The molecule has 2 aliphatic rings. The van der Waals surface area contributed by atoms with Crippen LogP contribution in [0.5, 0.6) is 0 Å². The van der Waals surface area contributed by atoms with E-state index in [0.29, 0.717) is 12.3 Å². The third-order valence-corrected chi connectivity index (χ3v) is 7.05. The van der Waals surface area contributed by atoms with Crippen LogP contribution in [0, 0.1) is 17.8 Å². The first-order valence-corrected chi connectivity index (χ1v) is 10.2. The van der Waals surface area contributed by atoms with E-state index in [1.165, 1.54) is 13.5 Å². The zero-order valence-corrected chi connectivity index (χ0v) is 14.8. The van der Waals surface area contributed by atoms with Crippen LogP contribution in [0.4, 0.5) is 0 Å². The predicted octanol–water partition coefficient (Wildman–Crippen LogP) is 2.72. The molecule has 132 valence electrons. The fourth-order valence-electron chi connectivity index (χ4n) is 4.41. The zero-order valence-electron chi connectivity index (χ0n) is 14.0. The highest BCUT2D eigenvalue weighted by Gasteiger charge is 2.46. The summed E-state index contributed by atoms with van der Waals surface area (Å²) in [6.07, 6.45) is 6.08. The average molecular weight is 351 g/mol. The van der Waals surface area contributed by atoms with Crippen LogP contribution in [-0.2, 0) is 19.6 Å². The summed E-state index contributed by atoms with van der Waals surface area (Å²) in [4.78, 5) is 12.6. The lowest BCUT2D eigenvalue weighted by molar-refractivity contribution is -0.151. The van der Waals surface area contributed by atoms with Gasteiger partial charge in [0, 0.05) is 6.04 Å². The minimum absolute atomic E-state index is 0.225. The molecule has 0 amide bonds. The topological polar surface area (TPSA) is 72.5 Å². The number of rotatable bonds is 4. The van der Waals surface area contributed by atoms with Crippen LogP contribution in [0.2, 0.25) is 0 Å².